The molecule has 1 unspecified atom stereocenters. The van der Waals surface area contributed by atoms with Crippen LogP contribution in [0, 0.1) is 0 Å². The predicted octanol–water partition coefficient (Wildman–Crippen LogP) is 1.19. The van der Waals surface area contributed by atoms with Crippen molar-refractivity contribution >= 4 is 13.8 Å². The van der Waals surface area contributed by atoms with Crippen LogP contribution in [0.25, 0.3) is 0 Å². The molecule has 0 saturated heterocycles. The number of ether oxygens (including phenoxy) is 1. The molecule has 0 aliphatic rings. The third-order valence-corrected chi connectivity index (χ3v) is 1.98. The van der Waals surface area contributed by atoms with Crippen molar-refractivity contribution in [1.29, 1.82) is 0 Å². The van der Waals surface area contributed by atoms with Crippen molar-refractivity contribution in [1.82, 2.24) is 0 Å². The fourth-order valence-corrected chi connectivity index (χ4v) is 1.11. The number of carbonyl (C=O) groups excluding carboxylic acids is 1. The predicted molar refractivity (Wildman–Crippen MR) is 54.3 cm³/mol. The van der Waals surface area contributed by atoms with E-state index in [9.17, 15) is 9.36 Å². The van der Waals surface area contributed by atoms with Gasteiger partial charge in [-0.1, -0.05) is 18.2 Å². The lowest BCUT2D eigenvalue weighted by molar-refractivity contribution is -0.217. The number of rotatable bonds is 9. The Morgan fingerprint density at radius 1 is 1.44 bits per heavy atom. The van der Waals surface area contributed by atoms with E-state index in [0.29, 0.717) is 6.61 Å². The molecule has 0 aliphatic carbocycles. The fourth-order valence-electron chi connectivity index (χ4n) is 0.597. The van der Waals surface area contributed by atoms with Gasteiger partial charge in [0, 0.05) is 12.7 Å². The standard InChI is InChI=1S/C8H15O7P/c1-3-5-12-6-7-13-16(10,11)15-14-8(9)4-2/h4H,2-3,5-7H2,1H3,(H,10,11). The van der Waals surface area contributed by atoms with Crippen LogP contribution in [0.15, 0.2) is 12.7 Å². The minimum Gasteiger partial charge on any atom is -0.379 e. The van der Waals surface area contributed by atoms with Crippen molar-refractivity contribution in [3.8, 4) is 0 Å². The molecule has 0 aromatic carbocycles. The number of hydrogen-bond donors (Lipinski definition) is 1. The SMILES string of the molecule is C=CC(=O)OOP(=O)(O)OCCOCCC. The Balaban J connectivity index is 3.66. The minimum atomic E-state index is -4.38. The van der Waals surface area contributed by atoms with E-state index in [1.54, 1.807) is 0 Å². The molecule has 0 aliphatic heterocycles. The number of phosphoric acid groups is 1. The molecule has 94 valence electrons. The van der Waals surface area contributed by atoms with Gasteiger partial charge in [-0.2, -0.15) is 0 Å². The second-order valence-corrected chi connectivity index (χ2v) is 3.94. The lowest BCUT2D eigenvalue weighted by Gasteiger charge is -2.09. The van der Waals surface area contributed by atoms with Crippen LogP contribution in [-0.2, 0) is 28.2 Å². The molecule has 0 radical (unpaired) electrons. The Hall–Kier alpha value is -0.720. The maximum atomic E-state index is 11.0. The van der Waals surface area contributed by atoms with Crippen LogP contribution in [-0.4, -0.2) is 30.7 Å². The highest BCUT2D eigenvalue weighted by atomic mass is 31.2. The largest absolute Gasteiger partial charge is 0.508 e. The summed E-state index contributed by atoms with van der Waals surface area (Å²) in [4.78, 5) is 23.4. The van der Waals surface area contributed by atoms with Crippen molar-refractivity contribution in [2.75, 3.05) is 19.8 Å². The first-order chi connectivity index (χ1) is 7.52. The van der Waals surface area contributed by atoms with E-state index in [1.165, 1.54) is 0 Å². The lowest BCUT2D eigenvalue weighted by Crippen LogP contribution is -2.06. The highest BCUT2D eigenvalue weighted by Crippen LogP contribution is 2.43. The Kier molecular flexibility index (Phi) is 8.05. The zero-order chi connectivity index (χ0) is 12.4. The molecule has 0 fully saturated rings. The highest BCUT2D eigenvalue weighted by molar-refractivity contribution is 7.47. The Morgan fingerprint density at radius 2 is 2.12 bits per heavy atom. The summed E-state index contributed by atoms with van der Waals surface area (Å²) in [7, 11) is -4.38. The normalized spacial score (nSPS) is 14.1. The van der Waals surface area contributed by atoms with Gasteiger partial charge in [0.25, 0.3) is 0 Å². The van der Waals surface area contributed by atoms with Gasteiger partial charge in [0.15, 0.2) is 0 Å². The third kappa shape index (κ3) is 8.58. The summed E-state index contributed by atoms with van der Waals surface area (Å²) in [5.74, 6) is -0.986. The number of carbonyl (C=O) groups is 1. The van der Waals surface area contributed by atoms with Crippen LogP contribution in [0.2, 0.25) is 0 Å². The molecule has 0 aromatic heterocycles. The molecule has 8 heteroatoms. The Labute approximate surface area is 93.5 Å². The summed E-state index contributed by atoms with van der Waals surface area (Å²) >= 11 is 0. The van der Waals surface area contributed by atoms with Gasteiger partial charge in [0.1, 0.15) is 0 Å². The van der Waals surface area contributed by atoms with Crippen LogP contribution < -0.4 is 0 Å². The summed E-state index contributed by atoms with van der Waals surface area (Å²) in [5, 5.41) is 0. The molecule has 0 spiro atoms. The molecule has 0 rings (SSSR count). The second kappa shape index (κ2) is 8.43. The molecule has 0 amide bonds. The molecule has 7 nitrogen and oxygen atoms in total. The van der Waals surface area contributed by atoms with Gasteiger partial charge in [-0.3, -0.25) is 9.41 Å². The van der Waals surface area contributed by atoms with Gasteiger partial charge in [-0.05, 0) is 6.42 Å². The van der Waals surface area contributed by atoms with Crippen LogP contribution in [0.3, 0.4) is 0 Å². The van der Waals surface area contributed by atoms with E-state index in [1.807, 2.05) is 6.92 Å². The third-order valence-electron chi connectivity index (χ3n) is 1.21. The average Bonchev–Trinajstić information content (AvgIpc) is 2.25. The molecule has 1 atom stereocenters. The summed E-state index contributed by atoms with van der Waals surface area (Å²) in [6.07, 6.45) is 1.62. The molecular formula is C8H15O7P. The van der Waals surface area contributed by atoms with Crippen LogP contribution in [0.1, 0.15) is 13.3 Å². The zero-order valence-corrected chi connectivity index (χ0v) is 9.85. The molecule has 0 bridgehead atoms. The van der Waals surface area contributed by atoms with E-state index >= 15 is 0 Å². The number of hydrogen-bond acceptors (Lipinski definition) is 6. The van der Waals surface area contributed by atoms with Crippen LogP contribution in [0.5, 0.6) is 0 Å². The van der Waals surface area contributed by atoms with Crippen molar-refractivity contribution in [3.05, 3.63) is 12.7 Å². The summed E-state index contributed by atoms with van der Waals surface area (Å²) < 4.78 is 24.3. The molecule has 0 heterocycles. The van der Waals surface area contributed by atoms with Gasteiger partial charge >= 0.3 is 13.8 Å². The van der Waals surface area contributed by atoms with Crippen LogP contribution >= 0.6 is 7.82 Å². The average molecular weight is 254 g/mol. The maximum Gasteiger partial charge on any atom is 0.508 e. The van der Waals surface area contributed by atoms with Crippen molar-refractivity contribution in [3.63, 3.8) is 0 Å². The van der Waals surface area contributed by atoms with E-state index in [2.05, 4.69) is 20.7 Å². The van der Waals surface area contributed by atoms with Crippen molar-refractivity contribution in [2.45, 2.75) is 13.3 Å². The molecule has 0 aromatic rings. The first-order valence-corrected chi connectivity index (χ1v) is 6.09. The van der Waals surface area contributed by atoms with E-state index in [4.69, 9.17) is 9.63 Å². The van der Waals surface area contributed by atoms with E-state index < -0.39 is 13.8 Å². The van der Waals surface area contributed by atoms with Crippen LogP contribution in [0.4, 0.5) is 0 Å². The summed E-state index contributed by atoms with van der Waals surface area (Å²) in [6.45, 7) is 5.54. The maximum absolute atomic E-state index is 11.0. The quantitative estimate of drug-likeness (QED) is 0.217. The molecule has 16 heavy (non-hydrogen) atoms. The minimum absolute atomic E-state index is 0.139. The monoisotopic (exact) mass is 254 g/mol. The smallest absolute Gasteiger partial charge is 0.379 e. The van der Waals surface area contributed by atoms with Gasteiger partial charge in [0.05, 0.1) is 13.2 Å². The van der Waals surface area contributed by atoms with Gasteiger partial charge in [-0.15, -0.1) is 0 Å². The fraction of sp³-hybridized carbons (Fsp3) is 0.625. The first kappa shape index (κ1) is 15.3. The van der Waals surface area contributed by atoms with Gasteiger partial charge in [-0.25, -0.2) is 9.36 Å². The van der Waals surface area contributed by atoms with Crippen molar-refractivity contribution in [2.24, 2.45) is 0 Å². The topological polar surface area (TPSA) is 91.3 Å². The highest BCUT2D eigenvalue weighted by Gasteiger charge is 2.24. The first-order valence-electron chi connectivity index (χ1n) is 4.59. The molecule has 0 saturated carbocycles. The molecular weight excluding hydrogens is 239 g/mol. The van der Waals surface area contributed by atoms with Gasteiger partial charge in [0.2, 0.25) is 0 Å². The Bertz CT molecular complexity index is 265. The summed E-state index contributed by atoms with van der Waals surface area (Å²) in [5.41, 5.74) is 0. The molecule has 1 N–H and O–H groups in total. The lowest BCUT2D eigenvalue weighted by atomic mass is 10.5. The summed E-state index contributed by atoms with van der Waals surface area (Å²) in [6, 6.07) is 0. The van der Waals surface area contributed by atoms with E-state index in [0.717, 1.165) is 12.5 Å². The Morgan fingerprint density at radius 3 is 2.69 bits per heavy atom. The van der Waals surface area contributed by atoms with Crippen molar-refractivity contribution < 1.29 is 33.1 Å². The van der Waals surface area contributed by atoms with E-state index in [-0.39, 0.29) is 13.2 Å². The van der Waals surface area contributed by atoms with Gasteiger partial charge < -0.3 is 9.63 Å². The number of phosphoric ester groups is 1. The second-order valence-electron chi connectivity index (χ2n) is 2.60. The zero-order valence-electron chi connectivity index (χ0n) is 8.96.